The zero-order valence-electron chi connectivity index (χ0n) is 18.3. The molecule has 1 saturated carbocycles. The van der Waals surface area contributed by atoms with E-state index in [1.165, 1.54) is 0 Å². The molecule has 35 heavy (non-hydrogen) atoms. The lowest BCUT2D eigenvalue weighted by Gasteiger charge is -2.15. The lowest BCUT2D eigenvalue weighted by atomic mass is 9.88. The second-order valence-electron chi connectivity index (χ2n) is 8.13. The fourth-order valence-corrected chi connectivity index (χ4v) is 4.85. The van der Waals surface area contributed by atoms with E-state index in [0.717, 1.165) is 6.42 Å². The highest BCUT2D eigenvalue weighted by Gasteiger charge is 2.22. The molecular formula is C28H18Cl4O3. The van der Waals surface area contributed by atoms with Crippen molar-refractivity contribution in [2.45, 2.75) is 19.3 Å². The van der Waals surface area contributed by atoms with Gasteiger partial charge in [-0.2, -0.15) is 0 Å². The summed E-state index contributed by atoms with van der Waals surface area (Å²) in [6, 6.07) is 18.0. The number of carbonyl (C=O) groups excluding carboxylic acids is 1. The van der Waals surface area contributed by atoms with Crippen LogP contribution in [0.15, 0.2) is 80.6 Å². The summed E-state index contributed by atoms with van der Waals surface area (Å²) in [4.78, 5) is 13.2. The lowest BCUT2D eigenvalue weighted by Crippen LogP contribution is -2.12. The van der Waals surface area contributed by atoms with Gasteiger partial charge in [-0.25, -0.2) is 0 Å². The van der Waals surface area contributed by atoms with Gasteiger partial charge in [0, 0.05) is 22.3 Å². The van der Waals surface area contributed by atoms with E-state index in [1.807, 2.05) is 48.5 Å². The van der Waals surface area contributed by atoms with E-state index in [9.17, 15) is 4.79 Å². The van der Waals surface area contributed by atoms with E-state index in [2.05, 4.69) is 0 Å². The average Bonchev–Trinajstić information content (AvgIpc) is 3.50. The minimum absolute atomic E-state index is 0.0197. The first kappa shape index (κ1) is 24.0. The Morgan fingerprint density at radius 3 is 1.54 bits per heavy atom. The maximum absolute atomic E-state index is 13.2. The van der Waals surface area contributed by atoms with Crippen molar-refractivity contribution in [1.82, 2.24) is 0 Å². The number of benzene rings is 2. The summed E-state index contributed by atoms with van der Waals surface area (Å²) in [5, 5.41) is 1.77. The van der Waals surface area contributed by atoms with Gasteiger partial charge in [0.05, 0.1) is 20.1 Å². The lowest BCUT2D eigenvalue weighted by molar-refractivity contribution is -0.112. The van der Waals surface area contributed by atoms with Gasteiger partial charge < -0.3 is 8.83 Å². The molecule has 1 aliphatic rings. The Hall–Kier alpha value is -2.69. The van der Waals surface area contributed by atoms with E-state index in [0.29, 0.717) is 78.2 Å². The van der Waals surface area contributed by atoms with Crippen molar-refractivity contribution in [3.05, 3.63) is 103 Å². The molecule has 1 aliphatic carbocycles. The number of hydrogen-bond acceptors (Lipinski definition) is 3. The molecule has 2 aromatic heterocycles. The van der Waals surface area contributed by atoms with Gasteiger partial charge in [0.2, 0.25) is 0 Å². The first-order valence-electron chi connectivity index (χ1n) is 10.9. The molecular weight excluding hydrogens is 526 g/mol. The molecule has 7 heteroatoms. The smallest absolute Gasteiger partial charge is 0.185 e. The minimum Gasteiger partial charge on any atom is -0.457 e. The fraction of sp³-hybridized carbons (Fsp3) is 0.107. The Morgan fingerprint density at radius 2 is 1.09 bits per heavy atom. The number of furan rings is 2. The molecule has 0 N–H and O–H groups in total. The molecule has 2 aromatic carbocycles. The number of hydrogen-bond donors (Lipinski definition) is 0. The zero-order chi connectivity index (χ0) is 24.5. The Balaban J connectivity index is 1.39. The molecule has 2 heterocycles. The second kappa shape index (κ2) is 10.1. The van der Waals surface area contributed by atoms with Crippen LogP contribution >= 0.6 is 46.4 Å². The van der Waals surface area contributed by atoms with Gasteiger partial charge in [-0.3, -0.25) is 4.79 Å². The largest absolute Gasteiger partial charge is 0.457 e. The number of allylic oxidation sites excluding steroid dienone is 2. The van der Waals surface area contributed by atoms with Crippen molar-refractivity contribution in [1.29, 1.82) is 0 Å². The average molecular weight is 544 g/mol. The van der Waals surface area contributed by atoms with Gasteiger partial charge in [-0.1, -0.05) is 58.5 Å². The Bertz CT molecular complexity index is 1380. The quantitative estimate of drug-likeness (QED) is 0.240. The maximum atomic E-state index is 13.2. The molecule has 0 atom stereocenters. The summed E-state index contributed by atoms with van der Waals surface area (Å²) in [6.07, 6.45) is 5.77. The highest BCUT2D eigenvalue weighted by atomic mass is 35.5. The molecule has 0 amide bonds. The normalized spacial score (nSPS) is 16.4. The molecule has 1 fully saturated rings. The highest BCUT2D eigenvalue weighted by molar-refractivity contribution is 6.44. The highest BCUT2D eigenvalue weighted by Crippen LogP contribution is 2.37. The summed E-state index contributed by atoms with van der Waals surface area (Å²) in [5.74, 6) is 2.32. The minimum atomic E-state index is -0.0197. The predicted molar refractivity (Wildman–Crippen MR) is 143 cm³/mol. The summed E-state index contributed by atoms with van der Waals surface area (Å²) >= 11 is 24.9. The molecule has 0 bridgehead atoms. The van der Waals surface area contributed by atoms with Gasteiger partial charge in [0.25, 0.3) is 0 Å². The number of rotatable bonds is 4. The van der Waals surface area contributed by atoms with Crippen LogP contribution in [-0.2, 0) is 4.79 Å². The topological polar surface area (TPSA) is 43.4 Å². The molecule has 3 nitrogen and oxygen atoms in total. The maximum Gasteiger partial charge on any atom is 0.185 e. The van der Waals surface area contributed by atoms with Crippen molar-refractivity contribution in [3.8, 4) is 22.6 Å². The van der Waals surface area contributed by atoms with Gasteiger partial charge in [-0.05, 0) is 79.9 Å². The van der Waals surface area contributed by atoms with Crippen molar-refractivity contribution < 1.29 is 13.6 Å². The Labute approximate surface area is 222 Å². The fourth-order valence-electron chi connectivity index (χ4n) is 4.06. The van der Waals surface area contributed by atoms with Crippen molar-refractivity contribution in [2.24, 2.45) is 0 Å². The van der Waals surface area contributed by atoms with E-state index in [4.69, 9.17) is 55.2 Å². The first-order chi connectivity index (χ1) is 16.9. The summed E-state index contributed by atoms with van der Waals surface area (Å²) in [6.45, 7) is 0. The van der Waals surface area contributed by atoms with Crippen molar-refractivity contribution >= 4 is 64.3 Å². The molecule has 0 radical (unpaired) electrons. The van der Waals surface area contributed by atoms with Gasteiger partial charge >= 0.3 is 0 Å². The molecule has 5 rings (SSSR count). The van der Waals surface area contributed by atoms with Crippen LogP contribution in [0.1, 0.15) is 30.8 Å². The van der Waals surface area contributed by atoms with Crippen LogP contribution in [0.5, 0.6) is 0 Å². The Morgan fingerprint density at radius 1 is 0.629 bits per heavy atom. The predicted octanol–water partition coefficient (Wildman–Crippen LogP) is 10.0. The zero-order valence-corrected chi connectivity index (χ0v) is 21.3. The third-order valence-electron chi connectivity index (χ3n) is 5.80. The van der Waals surface area contributed by atoms with Crippen LogP contribution in [0.25, 0.3) is 34.8 Å². The monoisotopic (exact) mass is 542 g/mol. The van der Waals surface area contributed by atoms with Crippen LogP contribution < -0.4 is 0 Å². The van der Waals surface area contributed by atoms with Gasteiger partial charge in [0.1, 0.15) is 23.0 Å². The summed E-state index contributed by atoms with van der Waals surface area (Å²) in [5.41, 5.74) is 2.77. The number of ketones is 1. The van der Waals surface area contributed by atoms with E-state index < -0.39 is 0 Å². The standard InChI is InChI=1S/C28H18Cl4O3/c29-22-8-2-6-20(26(22)31)24-12-10-18(34-24)14-16-4-1-5-17(28(16)33)15-19-11-13-25(35-19)21-7-3-9-23(30)27(21)32/h2-3,6-15H,1,4-5H2/b16-14+,17-15+. The van der Waals surface area contributed by atoms with Crippen LogP contribution in [-0.4, -0.2) is 5.78 Å². The second-order valence-corrected chi connectivity index (χ2v) is 9.70. The van der Waals surface area contributed by atoms with E-state index >= 15 is 0 Å². The van der Waals surface area contributed by atoms with Crippen LogP contribution in [0, 0.1) is 0 Å². The number of halogens is 4. The Kier molecular flexibility index (Phi) is 6.95. The summed E-state index contributed by atoms with van der Waals surface area (Å²) < 4.78 is 11.9. The van der Waals surface area contributed by atoms with Gasteiger partial charge in [0.15, 0.2) is 5.78 Å². The van der Waals surface area contributed by atoms with Gasteiger partial charge in [-0.15, -0.1) is 0 Å². The molecule has 4 aromatic rings. The van der Waals surface area contributed by atoms with E-state index in [1.54, 1.807) is 24.3 Å². The molecule has 176 valence electrons. The SMILES string of the molecule is O=C1/C(=C/c2ccc(-c3cccc(Cl)c3Cl)o2)CCC/C1=C\c1ccc(-c2cccc(Cl)c2Cl)o1. The molecule has 0 spiro atoms. The number of Topliss-reactive ketones (excluding diaryl/α,β-unsaturated/α-hetero) is 1. The molecule has 0 aliphatic heterocycles. The van der Waals surface area contributed by atoms with Crippen molar-refractivity contribution in [2.75, 3.05) is 0 Å². The van der Waals surface area contributed by atoms with Crippen LogP contribution in [0.2, 0.25) is 20.1 Å². The van der Waals surface area contributed by atoms with E-state index in [-0.39, 0.29) is 5.78 Å². The third-order valence-corrected chi connectivity index (χ3v) is 7.43. The molecule has 0 saturated heterocycles. The van der Waals surface area contributed by atoms with Crippen molar-refractivity contribution in [3.63, 3.8) is 0 Å². The number of carbonyl (C=O) groups is 1. The molecule has 0 unspecified atom stereocenters. The van der Waals surface area contributed by atoms with Crippen LogP contribution in [0.4, 0.5) is 0 Å². The first-order valence-corrected chi connectivity index (χ1v) is 12.5. The summed E-state index contributed by atoms with van der Waals surface area (Å²) in [7, 11) is 0. The third kappa shape index (κ3) is 5.00. The van der Waals surface area contributed by atoms with Crippen LogP contribution in [0.3, 0.4) is 0 Å².